The van der Waals surface area contributed by atoms with E-state index in [1.54, 1.807) is 0 Å². The fourth-order valence-electron chi connectivity index (χ4n) is 1.88. The van der Waals surface area contributed by atoms with E-state index in [1.165, 1.54) is 12.8 Å². The highest BCUT2D eigenvalue weighted by molar-refractivity contribution is 5.75. The van der Waals surface area contributed by atoms with Crippen LogP contribution in [0.4, 0.5) is 0 Å². The molecule has 4 N–H and O–H groups in total. The van der Waals surface area contributed by atoms with Gasteiger partial charge in [-0.05, 0) is 37.8 Å². The molecule has 0 aromatic rings. The highest BCUT2D eigenvalue weighted by Crippen LogP contribution is 2.21. The lowest BCUT2D eigenvalue weighted by Gasteiger charge is -2.27. The van der Waals surface area contributed by atoms with Crippen LogP contribution in [-0.2, 0) is 4.79 Å². The summed E-state index contributed by atoms with van der Waals surface area (Å²) >= 11 is 0. The van der Waals surface area contributed by atoms with Crippen LogP contribution in [0.2, 0.25) is 0 Å². The van der Waals surface area contributed by atoms with Crippen LogP contribution < -0.4 is 16.6 Å². The Bertz CT molecular complexity index is 166. The first kappa shape index (κ1) is 10.5. The third-order valence-electron chi connectivity index (χ3n) is 2.81. The first-order valence-electron chi connectivity index (χ1n) is 4.94. The van der Waals surface area contributed by atoms with E-state index >= 15 is 0 Å². The van der Waals surface area contributed by atoms with E-state index in [-0.39, 0.29) is 5.91 Å². The molecule has 1 aliphatic rings. The van der Waals surface area contributed by atoms with Gasteiger partial charge in [0.05, 0.1) is 0 Å². The van der Waals surface area contributed by atoms with Crippen LogP contribution in [0, 0.1) is 11.8 Å². The predicted molar refractivity (Wildman–Crippen MR) is 51.7 cm³/mol. The normalized spacial score (nSPS) is 25.2. The van der Waals surface area contributed by atoms with Gasteiger partial charge in [-0.1, -0.05) is 6.92 Å². The molecule has 0 bridgehead atoms. The van der Waals surface area contributed by atoms with Crippen molar-refractivity contribution in [1.82, 2.24) is 10.7 Å². The van der Waals surface area contributed by atoms with Gasteiger partial charge in [0.1, 0.15) is 0 Å². The summed E-state index contributed by atoms with van der Waals surface area (Å²) < 4.78 is 0. The summed E-state index contributed by atoms with van der Waals surface area (Å²) in [5, 5.41) is 3.34. The van der Waals surface area contributed by atoms with E-state index in [4.69, 9.17) is 5.84 Å². The molecule has 0 aromatic heterocycles. The lowest BCUT2D eigenvalue weighted by Crippen LogP contribution is -2.37. The molecule has 0 radical (unpaired) electrons. The second-order valence-corrected chi connectivity index (χ2v) is 3.86. The zero-order valence-corrected chi connectivity index (χ0v) is 8.18. The summed E-state index contributed by atoms with van der Waals surface area (Å²) in [6, 6.07) is 0. The van der Waals surface area contributed by atoms with Crippen molar-refractivity contribution in [1.29, 1.82) is 0 Å². The smallest absolute Gasteiger partial charge is 0.234 e. The molecule has 76 valence electrons. The summed E-state index contributed by atoms with van der Waals surface area (Å²) in [6.07, 6.45) is 2.99. The standard InChI is InChI=1S/C9H19N3O/c1-7(5-9(13)12-10)8-3-2-4-11-6-8/h7-8,11H,2-6,10H2,1H3,(H,12,13). The average molecular weight is 185 g/mol. The van der Waals surface area contributed by atoms with Crippen LogP contribution in [0.25, 0.3) is 0 Å². The zero-order chi connectivity index (χ0) is 9.68. The van der Waals surface area contributed by atoms with Crippen molar-refractivity contribution in [2.45, 2.75) is 26.2 Å². The number of amides is 1. The summed E-state index contributed by atoms with van der Waals surface area (Å²) in [5.74, 6) is 6.04. The van der Waals surface area contributed by atoms with Gasteiger partial charge in [-0.3, -0.25) is 10.2 Å². The Morgan fingerprint density at radius 1 is 1.77 bits per heavy atom. The maximum absolute atomic E-state index is 11.0. The molecule has 1 aliphatic heterocycles. The molecule has 1 saturated heterocycles. The first-order chi connectivity index (χ1) is 6.24. The second-order valence-electron chi connectivity index (χ2n) is 3.86. The van der Waals surface area contributed by atoms with Crippen molar-refractivity contribution in [2.75, 3.05) is 13.1 Å². The zero-order valence-electron chi connectivity index (χ0n) is 8.18. The number of hydrazine groups is 1. The molecule has 4 nitrogen and oxygen atoms in total. The predicted octanol–water partition coefficient (Wildman–Crippen LogP) is 0.00210. The third-order valence-corrected chi connectivity index (χ3v) is 2.81. The molecule has 1 heterocycles. The molecule has 1 amide bonds. The maximum atomic E-state index is 11.0. The van der Waals surface area contributed by atoms with E-state index in [0.717, 1.165) is 13.1 Å². The third kappa shape index (κ3) is 3.32. The minimum Gasteiger partial charge on any atom is -0.316 e. The Kier molecular flexibility index (Phi) is 4.18. The Morgan fingerprint density at radius 2 is 2.54 bits per heavy atom. The van der Waals surface area contributed by atoms with Crippen molar-refractivity contribution in [2.24, 2.45) is 17.7 Å². The second kappa shape index (κ2) is 5.19. The van der Waals surface area contributed by atoms with E-state index in [2.05, 4.69) is 17.7 Å². The molecule has 4 heteroatoms. The quantitative estimate of drug-likeness (QED) is 0.329. The molecule has 1 rings (SSSR count). The van der Waals surface area contributed by atoms with E-state index < -0.39 is 0 Å². The van der Waals surface area contributed by atoms with E-state index in [0.29, 0.717) is 18.3 Å². The molecule has 0 aromatic carbocycles. The van der Waals surface area contributed by atoms with Gasteiger partial charge in [-0.25, -0.2) is 5.84 Å². The summed E-state index contributed by atoms with van der Waals surface area (Å²) in [7, 11) is 0. The highest BCUT2D eigenvalue weighted by atomic mass is 16.2. The Hall–Kier alpha value is -0.610. The molecule has 2 atom stereocenters. The number of nitrogens with one attached hydrogen (secondary N) is 2. The number of rotatable bonds is 3. The molecule has 13 heavy (non-hydrogen) atoms. The first-order valence-corrected chi connectivity index (χ1v) is 4.94. The van der Waals surface area contributed by atoms with Crippen molar-refractivity contribution < 1.29 is 4.79 Å². The Labute approximate surface area is 79.2 Å². The lowest BCUT2D eigenvalue weighted by atomic mass is 9.85. The summed E-state index contributed by atoms with van der Waals surface area (Å²) in [5.41, 5.74) is 2.18. The SMILES string of the molecule is CC(CC(=O)NN)C1CCCNC1. The summed E-state index contributed by atoms with van der Waals surface area (Å²) in [6.45, 7) is 4.28. The minimum atomic E-state index is -0.0573. The molecular weight excluding hydrogens is 166 g/mol. The van der Waals surface area contributed by atoms with Gasteiger partial charge < -0.3 is 5.32 Å². The molecule has 2 unspecified atom stereocenters. The van der Waals surface area contributed by atoms with Crippen LogP contribution >= 0.6 is 0 Å². The van der Waals surface area contributed by atoms with Crippen LogP contribution in [0.1, 0.15) is 26.2 Å². The van der Waals surface area contributed by atoms with Crippen molar-refractivity contribution in [3.8, 4) is 0 Å². The number of carbonyl (C=O) groups is 1. The van der Waals surface area contributed by atoms with Crippen LogP contribution in [0.3, 0.4) is 0 Å². The van der Waals surface area contributed by atoms with Gasteiger partial charge in [0, 0.05) is 6.42 Å². The molecular formula is C9H19N3O. The number of piperidine rings is 1. The Balaban J connectivity index is 2.28. The fourth-order valence-corrected chi connectivity index (χ4v) is 1.88. The highest BCUT2D eigenvalue weighted by Gasteiger charge is 2.21. The molecule has 0 aliphatic carbocycles. The van der Waals surface area contributed by atoms with E-state index in [1.807, 2.05) is 0 Å². The van der Waals surface area contributed by atoms with Gasteiger partial charge >= 0.3 is 0 Å². The average Bonchev–Trinajstić information content (AvgIpc) is 2.19. The van der Waals surface area contributed by atoms with Gasteiger partial charge in [0.2, 0.25) is 5.91 Å². The van der Waals surface area contributed by atoms with Gasteiger partial charge in [0.25, 0.3) is 0 Å². The minimum absolute atomic E-state index is 0.0573. The van der Waals surface area contributed by atoms with Gasteiger partial charge in [-0.15, -0.1) is 0 Å². The van der Waals surface area contributed by atoms with Crippen LogP contribution in [0.15, 0.2) is 0 Å². The molecule has 0 spiro atoms. The van der Waals surface area contributed by atoms with Gasteiger partial charge in [-0.2, -0.15) is 0 Å². The number of nitrogens with two attached hydrogens (primary N) is 1. The maximum Gasteiger partial charge on any atom is 0.234 e. The van der Waals surface area contributed by atoms with Crippen molar-refractivity contribution in [3.63, 3.8) is 0 Å². The fraction of sp³-hybridized carbons (Fsp3) is 0.889. The summed E-state index contributed by atoms with van der Waals surface area (Å²) in [4.78, 5) is 11.0. The van der Waals surface area contributed by atoms with Crippen LogP contribution in [0.5, 0.6) is 0 Å². The van der Waals surface area contributed by atoms with Crippen molar-refractivity contribution in [3.05, 3.63) is 0 Å². The largest absolute Gasteiger partial charge is 0.316 e. The Morgan fingerprint density at radius 3 is 3.08 bits per heavy atom. The topological polar surface area (TPSA) is 67.2 Å². The number of hydrogen-bond donors (Lipinski definition) is 3. The van der Waals surface area contributed by atoms with E-state index in [9.17, 15) is 4.79 Å². The van der Waals surface area contributed by atoms with Crippen LogP contribution in [-0.4, -0.2) is 19.0 Å². The van der Waals surface area contributed by atoms with Gasteiger partial charge in [0.15, 0.2) is 0 Å². The molecule has 0 saturated carbocycles. The molecule has 1 fully saturated rings. The lowest BCUT2D eigenvalue weighted by molar-refractivity contribution is -0.122. The number of hydrogen-bond acceptors (Lipinski definition) is 3. The number of carbonyl (C=O) groups excluding carboxylic acids is 1. The van der Waals surface area contributed by atoms with Crippen molar-refractivity contribution >= 4 is 5.91 Å². The monoisotopic (exact) mass is 185 g/mol.